The van der Waals surface area contributed by atoms with E-state index in [2.05, 4.69) is 4.98 Å². The minimum Gasteiger partial charge on any atom is -0.388 e. The van der Waals surface area contributed by atoms with Gasteiger partial charge in [0.2, 0.25) is 0 Å². The molecule has 1 aromatic heterocycles. The van der Waals surface area contributed by atoms with Crippen LogP contribution in [-0.2, 0) is 11.8 Å². The molecule has 4 nitrogen and oxygen atoms in total. The van der Waals surface area contributed by atoms with E-state index in [4.69, 9.17) is 16.7 Å². The van der Waals surface area contributed by atoms with Gasteiger partial charge in [0, 0.05) is 7.05 Å². The predicted molar refractivity (Wildman–Crippen MR) is 49.3 cm³/mol. The van der Waals surface area contributed by atoms with Crippen molar-refractivity contribution < 1.29 is 9.90 Å². The highest BCUT2D eigenvalue weighted by molar-refractivity contribution is 6.29. The number of rotatable bonds is 3. The third kappa shape index (κ3) is 2.40. The molecule has 5 heteroatoms. The SMILES string of the molecule is Cn1c(Cl)cnc1/C=C/C(=O)CO. The van der Waals surface area contributed by atoms with Gasteiger partial charge in [-0.05, 0) is 12.2 Å². The molecule has 0 saturated carbocycles. The van der Waals surface area contributed by atoms with Crippen molar-refractivity contribution in [3.05, 3.63) is 23.3 Å². The van der Waals surface area contributed by atoms with Crippen molar-refractivity contribution in [2.24, 2.45) is 7.05 Å². The minimum absolute atomic E-state index is 0.362. The summed E-state index contributed by atoms with van der Waals surface area (Å²) >= 11 is 5.71. The average Bonchev–Trinajstić information content (AvgIpc) is 2.44. The van der Waals surface area contributed by atoms with E-state index >= 15 is 0 Å². The molecule has 1 N–H and O–H groups in total. The van der Waals surface area contributed by atoms with Crippen LogP contribution in [0.25, 0.3) is 6.08 Å². The Morgan fingerprint density at radius 2 is 2.54 bits per heavy atom. The van der Waals surface area contributed by atoms with Crippen molar-refractivity contribution in [1.29, 1.82) is 0 Å². The van der Waals surface area contributed by atoms with E-state index in [9.17, 15) is 4.79 Å². The van der Waals surface area contributed by atoms with Gasteiger partial charge >= 0.3 is 0 Å². The number of aliphatic hydroxyl groups is 1. The largest absolute Gasteiger partial charge is 0.388 e. The third-order valence-corrected chi connectivity index (χ3v) is 1.89. The fourth-order valence-electron chi connectivity index (χ4n) is 0.777. The van der Waals surface area contributed by atoms with Gasteiger partial charge in [0.1, 0.15) is 17.6 Å². The fraction of sp³-hybridized carbons (Fsp3) is 0.250. The zero-order valence-corrected chi connectivity index (χ0v) is 7.82. The molecule has 0 atom stereocenters. The molecule has 0 unspecified atom stereocenters. The Morgan fingerprint density at radius 1 is 1.85 bits per heavy atom. The first-order valence-corrected chi connectivity index (χ1v) is 4.02. The van der Waals surface area contributed by atoms with Crippen LogP contribution in [-0.4, -0.2) is 27.0 Å². The van der Waals surface area contributed by atoms with Crippen LogP contribution in [0, 0.1) is 0 Å². The monoisotopic (exact) mass is 200 g/mol. The summed E-state index contributed by atoms with van der Waals surface area (Å²) < 4.78 is 1.63. The summed E-state index contributed by atoms with van der Waals surface area (Å²) in [7, 11) is 1.73. The molecule has 13 heavy (non-hydrogen) atoms. The lowest BCUT2D eigenvalue weighted by molar-refractivity contribution is -0.117. The first-order valence-electron chi connectivity index (χ1n) is 3.64. The molecule has 0 fully saturated rings. The number of nitrogens with zero attached hydrogens (tertiary/aromatic N) is 2. The summed E-state index contributed by atoms with van der Waals surface area (Å²) in [6.07, 6.45) is 4.26. The Kier molecular flexibility index (Phi) is 3.22. The molecule has 1 aromatic rings. The van der Waals surface area contributed by atoms with E-state index in [0.717, 1.165) is 0 Å². The van der Waals surface area contributed by atoms with Crippen LogP contribution in [0.4, 0.5) is 0 Å². The molecule has 0 aromatic carbocycles. The Morgan fingerprint density at radius 3 is 3.00 bits per heavy atom. The Labute approximate surface area is 80.5 Å². The second-order valence-electron chi connectivity index (χ2n) is 2.46. The Hall–Kier alpha value is -1.13. The average molecular weight is 201 g/mol. The summed E-state index contributed by atoms with van der Waals surface area (Å²) in [5.41, 5.74) is 0. The highest BCUT2D eigenvalue weighted by atomic mass is 35.5. The van der Waals surface area contributed by atoms with Crippen LogP contribution in [0.3, 0.4) is 0 Å². The van der Waals surface area contributed by atoms with Crippen molar-refractivity contribution in [1.82, 2.24) is 9.55 Å². The van der Waals surface area contributed by atoms with Gasteiger partial charge in [-0.1, -0.05) is 11.6 Å². The van der Waals surface area contributed by atoms with E-state index in [1.165, 1.54) is 18.3 Å². The van der Waals surface area contributed by atoms with Gasteiger partial charge in [-0.3, -0.25) is 4.79 Å². The lowest BCUT2D eigenvalue weighted by atomic mass is 10.3. The van der Waals surface area contributed by atoms with Gasteiger partial charge in [0.15, 0.2) is 5.78 Å². The second-order valence-corrected chi connectivity index (χ2v) is 2.84. The van der Waals surface area contributed by atoms with E-state index < -0.39 is 6.61 Å². The Balaban J connectivity index is 2.80. The number of halogens is 1. The summed E-state index contributed by atoms with van der Waals surface area (Å²) in [5.74, 6) is 0.214. The van der Waals surface area contributed by atoms with E-state index in [1.807, 2.05) is 0 Å². The standard InChI is InChI=1S/C8H9ClN2O2/c1-11-7(9)4-10-8(11)3-2-6(13)5-12/h2-4,12H,5H2,1H3/b3-2+. The molecule has 0 aliphatic rings. The van der Waals surface area contributed by atoms with Gasteiger partial charge in [-0.25, -0.2) is 4.98 Å². The van der Waals surface area contributed by atoms with Gasteiger partial charge in [-0.15, -0.1) is 0 Å². The number of hydrogen-bond donors (Lipinski definition) is 1. The normalized spacial score (nSPS) is 11.0. The van der Waals surface area contributed by atoms with Crippen LogP contribution in [0.2, 0.25) is 5.15 Å². The zero-order valence-electron chi connectivity index (χ0n) is 7.07. The lowest BCUT2D eigenvalue weighted by Gasteiger charge is -1.94. The molecule has 70 valence electrons. The van der Waals surface area contributed by atoms with Crippen LogP contribution < -0.4 is 0 Å². The molecule has 0 amide bonds. The smallest absolute Gasteiger partial charge is 0.181 e. The first kappa shape index (κ1) is 9.95. The molecule has 0 aliphatic heterocycles. The van der Waals surface area contributed by atoms with Gasteiger partial charge < -0.3 is 9.67 Å². The number of imidazole rings is 1. The quantitative estimate of drug-likeness (QED) is 0.729. The Bertz CT molecular complexity index is 344. The van der Waals surface area contributed by atoms with Crippen molar-refractivity contribution in [3.63, 3.8) is 0 Å². The van der Waals surface area contributed by atoms with Crippen molar-refractivity contribution in [2.75, 3.05) is 6.61 Å². The molecule has 0 aliphatic carbocycles. The molecular weight excluding hydrogens is 192 g/mol. The van der Waals surface area contributed by atoms with Crippen LogP contribution in [0.15, 0.2) is 12.3 Å². The molecule has 0 spiro atoms. The molecule has 0 saturated heterocycles. The number of hydrogen-bond acceptors (Lipinski definition) is 3. The maximum absolute atomic E-state index is 10.7. The maximum Gasteiger partial charge on any atom is 0.181 e. The maximum atomic E-state index is 10.7. The van der Waals surface area contributed by atoms with Gasteiger partial charge in [0.25, 0.3) is 0 Å². The molecule has 0 bridgehead atoms. The van der Waals surface area contributed by atoms with E-state index in [-0.39, 0.29) is 5.78 Å². The van der Waals surface area contributed by atoms with Gasteiger partial charge in [-0.2, -0.15) is 0 Å². The fourth-order valence-corrected chi connectivity index (χ4v) is 0.912. The predicted octanol–water partition coefficient (Wildman–Crippen LogP) is 0.648. The summed E-state index contributed by atoms with van der Waals surface area (Å²) in [6, 6.07) is 0. The molecule has 1 rings (SSSR count). The van der Waals surface area contributed by atoms with E-state index in [1.54, 1.807) is 11.6 Å². The number of ketones is 1. The van der Waals surface area contributed by atoms with Crippen molar-refractivity contribution in [2.45, 2.75) is 0 Å². The van der Waals surface area contributed by atoms with Crippen LogP contribution in [0.1, 0.15) is 5.82 Å². The van der Waals surface area contributed by atoms with Crippen molar-refractivity contribution in [3.8, 4) is 0 Å². The highest BCUT2D eigenvalue weighted by Gasteiger charge is 2.00. The molecular formula is C8H9ClN2O2. The van der Waals surface area contributed by atoms with Crippen LogP contribution >= 0.6 is 11.6 Å². The molecule has 1 heterocycles. The summed E-state index contributed by atoms with van der Waals surface area (Å²) in [4.78, 5) is 14.6. The van der Waals surface area contributed by atoms with Crippen molar-refractivity contribution >= 4 is 23.5 Å². The van der Waals surface area contributed by atoms with E-state index in [0.29, 0.717) is 11.0 Å². The third-order valence-electron chi connectivity index (χ3n) is 1.54. The molecule has 0 radical (unpaired) electrons. The summed E-state index contributed by atoms with van der Waals surface area (Å²) in [5, 5.41) is 8.93. The second kappa shape index (κ2) is 4.20. The summed E-state index contributed by atoms with van der Waals surface area (Å²) in [6.45, 7) is -0.491. The number of carbonyl (C=O) groups excluding carboxylic acids is 1. The number of aliphatic hydroxyl groups excluding tert-OH is 1. The number of aromatic nitrogens is 2. The lowest BCUT2D eigenvalue weighted by Crippen LogP contribution is -1.99. The van der Waals surface area contributed by atoms with Crippen LogP contribution in [0.5, 0.6) is 0 Å². The topological polar surface area (TPSA) is 55.1 Å². The number of carbonyl (C=O) groups is 1. The van der Waals surface area contributed by atoms with Gasteiger partial charge in [0.05, 0.1) is 6.20 Å². The minimum atomic E-state index is -0.491. The first-order chi connectivity index (χ1) is 6.15. The highest BCUT2D eigenvalue weighted by Crippen LogP contribution is 2.09. The zero-order chi connectivity index (χ0) is 9.84.